The lowest BCUT2D eigenvalue weighted by atomic mass is 10.5. The molecule has 0 atom stereocenters. The molecular weight excluding hydrogens is 248 g/mol. The first kappa shape index (κ1) is 13.3. The molecule has 90 valence electrons. The van der Waals surface area contributed by atoms with Gasteiger partial charge in [0.1, 0.15) is 23.0 Å². The van der Waals surface area contributed by atoms with Gasteiger partial charge in [-0.05, 0) is 12.2 Å². The Morgan fingerprint density at radius 1 is 1.44 bits per heavy atom. The molecule has 1 heterocycles. The van der Waals surface area contributed by atoms with Gasteiger partial charge in [0.2, 0.25) is 0 Å². The highest BCUT2D eigenvalue weighted by Gasteiger charge is 2.04. The standard InChI is InChI=1S/C9H15ClN4OS/c10-7-8(11)13-6-14-9(7)12-2-5-16-4-1-3-15/h6,15H,1-5H2,(H3,11,12,13,14). The van der Waals surface area contributed by atoms with Crippen molar-refractivity contribution in [2.24, 2.45) is 0 Å². The second-order valence-electron chi connectivity index (χ2n) is 3.04. The van der Waals surface area contributed by atoms with Crippen LogP contribution in [0.1, 0.15) is 6.42 Å². The molecule has 0 spiro atoms. The molecule has 0 radical (unpaired) electrons. The van der Waals surface area contributed by atoms with Crippen molar-refractivity contribution < 1.29 is 5.11 Å². The summed E-state index contributed by atoms with van der Waals surface area (Å²) >= 11 is 7.67. The van der Waals surface area contributed by atoms with E-state index >= 15 is 0 Å². The van der Waals surface area contributed by atoms with Crippen LogP contribution in [0.15, 0.2) is 6.33 Å². The van der Waals surface area contributed by atoms with Gasteiger partial charge in [0.15, 0.2) is 0 Å². The summed E-state index contributed by atoms with van der Waals surface area (Å²) < 4.78 is 0. The summed E-state index contributed by atoms with van der Waals surface area (Å²) in [7, 11) is 0. The van der Waals surface area contributed by atoms with E-state index < -0.39 is 0 Å². The SMILES string of the molecule is Nc1ncnc(NCCSCCCO)c1Cl. The van der Waals surface area contributed by atoms with Gasteiger partial charge in [-0.15, -0.1) is 0 Å². The molecule has 0 saturated heterocycles. The topological polar surface area (TPSA) is 84.1 Å². The quantitative estimate of drug-likeness (QED) is 0.641. The monoisotopic (exact) mass is 262 g/mol. The Balaban J connectivity index is 2.24. The highest BCUT2D eigenvalue weighted by atomic mass is 35.5. The number of hydrogen-bond donors (Lipinski definition) is 3. The number of nitrogens with one attached hydrogen (secondary N) is 1. The van der Waals surface area contributed by atoms with Crippen LogP contribution in [0.2, 0.25) is 5.02 Å². The van der Waals surface area contributed by atoms with E-state index in [1.54, 1.807) is 11.8 Å². The summed E-state index contributed by atoms with van der Waals surface area (Å²) in [6.07, 6.45) is 2.20. The van der Waals surface area contributed by atoms with Crippen LogP contribution in [0.25, 0.3) is 0 Å². The molecule has 5 nitrogen and oxygen atoms in total. The highest BCUT2D eigenvalue weighted by molar-refractivity contribution is 7.99. The maximum atomic E-state index is 8.59. The van der Waals surface area contributed by atoms with Crippen LogP contribution >= 0.6 is 23.4 Å². The van der Waals surface area contributed by atoms with Crippen LogP contribution in [-0.2, 0) is 0 Å². The third-order valence-electron chi connectivity index (χ3n) is 1.80. The van der Waals surface area contributed by atoms with Gasteiger partial charge in [-0.1, -0.05) is 11.6 Å². The van der Waals surface area contributed by atoms with Gasteiger partial charge >= 0.3 is 0 Å². The lowest BCUT2D eigenvalue weighted by Crippen LogP contribution is -2.08. The van der Waals surface area contributed by atoms with Crippen LogP contribution in [0.4, 0.5) is 11.6 Å². The summed E-state index contributed by atoms with van der Waals surface area (Å²) in [4.78, 5) is 7.76. The first-order chi connectivity index (χ1) is 7.75. The number of nitrogens with zero attached hydrogens (tertiary/aromatic N) is 2. The van der Waals surface area contributed by atoms with E-state index in [9.17, 15) is 0 Å². The van der Waals surface area contributed by atoms with Gasteiger partial charge in [0.05, 0.1) is 0 Å². The molecule has 7 heteroatoms. The lowest BCUT2D eigenvalue weighted by Gasteiger charge is -2.07. The van der Waals surface area contributed by atoms with Crippen molar-refractivity contribution in [3.8, 4) is 0 Å². The maximum absolute atomic E-state index is 8.59. The summed E-state index contributed by atoms with van der Waals surface area (Å²) in [5.41, 5.74) is 5.53. The first-order valence-electron chi connectivity index (χ1n) is 4.94. The third kappa shape index (κ3) is 4.42. The maximum Gasteiger partial charge on any atom is 0.150 e. The molecule has 0 amide bonds. The van der Waals surface area contributed by atoms with Gasteiger partial charge in [0.25, 0.3) is 0 Å². The summed E-state index contributed by atoms with van der Waals surface area (Å²) in [6.45, 7) is 1.00. The fraction of sp³-hybridized carbons (Fsp3) is 0.556. The normalized spacial score (nSPS) is 10.4. The van der Waals surface area contributed by atoms with Gasteiger partial charge < -0.3 is 16.2 Å². The van der Waals surface area contributed by atoms with E-state index in [0.717, 1.165) is 24.5 Å². The van der Waals surface area contributed by atoms with E-state index in [1.807, 2.05) is 0 Å². The predicted molar refractivity (Wildman–Crippen MR) is 69.0 cm³/mol. The smallest absolute Gasteiger partial charge is 0.150 e. The minimum Gasteiger partial charge on any atom is -0.396 e. The van der Waals surface area contributed by atoms with Crippen molar-refractivity contribution in [3.63, 3.8) is 0 Å². The van der Waals surface area contributed by atoms with Crippen molar-refractivity contribution in [2.75, 3.05) is 35.7 Å². The van der Waals surface area contributed by atoms with Crippen LogP contribution in [-0.4, -0.2) is 39.7 Å². The molecule has 0 aliphatic rings. The Labute approximate surface area is 104 Å². The molecular formula is C9H15ClN4OS. The molecule has 1 aromatic rings. The second-order valence-corrected chi connectivity index (χ2v) is 4.64. The third-order valence-corrected chi connectivity index (χ3v) is 3.24. The average Bonchev–Trinajstić information content (AvgIpc) is 2.29. The number of aliphatic hydroxyl groups is 1. The van der Waals surface area contributed by atoms with Crippen molar-refractivity contribution in [1.29, 1.82) is 0 Å². The zero-order valence-electron chi connectivity index (χ0n) is 8.82. The molecule has 0 bridgehead atoms. The van der Waals surface area contributed by atoms with E-state index in [-0.39, 0.29) is 12.4 Å². The van der Waals surface area contributed by atoms with E-state index in [0.29, 0.717) is 10.8 Å². The molecule has 1 rings (SSSR count). The number of nitrogens with two attached hydrogens (primary N) is 1. The molecule has 0 aliphatic heterocycles. The number of anilines is 2. The lowest BCUT2D eigenvalue weighted by molar-refractivity contribution is 0.296. The summed E-state index contributed by atoms with van der Waals surface area (Å²) in [5, 5.41) is 12.0. The number of rotatable bonds is 7. The minimum absolute atomic E-state index is 0.245. The Kier molecular flexibility index (Phi) is 6.29. The molecule has 0 unspecified atom stereocenters. The van der Waals surface area contributed by atoms with Gasteiger partial charge in [-0.3, -0.25) is 0 Å². The zero-order valence-corrected chi connectivity index (χ0v) is 10.4. The predicted octanol–water partition coefficient (Wildman–Crippen LogP) is 1.24. The van der Waals surface area contributed by atoms with Crippen LogP contribution < -0.4 is 11.1 Å². The molecule has 4 N–H and O–H groups in total. The largest absolute Gasteiger partial charge is 0.396 e. The number of nitrogen functional groups attached to an aromatic ring is 1. The molecule has 0 fully saturated rings. The molecule has 1 aromatic heterocycles. The van der Waals surface area contributed by atoms with Crippen LogP contribution in [0.3, 0.4) is 0 Å². The Bertz CT molecular complexity index is 326. The Morgan fingerprint density at radius 3 is 3.00 bits per heavy atom. The van der Waals surface area contributed by atoms with Gasteiger partial charge in [0, 0.05) is 18.9 Å². The summed E-state index contributed by atoms with van der Waals surface area (Å²) in [6, 6.07) is 0. The highest BCUT2D eigenvalue weighted by Crippen LogP contribution is 2.22. The fourth-order valence-electron chi connectivity index (χ4n) is 1.02. The molecule has 0 aromatic carbocycles. The Morgan fingerprint density at radius 2 is 2.25 bits per heavy atom. The number of hydrogen-bond acceptors (Lipinski definition) is 6. The average molecular weight is 263 g/mol. The molecule has 16 heavy (non-hydrogen) atoms. The summed E-state index contributed by atoms with van der Waals surface area (Å²) in [5.74, 6) is 2.74. The molecule has 0 aliphatic carbocycles. The number of aliphatic hydroxyl groups excluding tert-OH is 1. The van der Waals surface area contributed by atoms with Crippen molar-refractivity contribution in [2.45, 2.75) is 6.42 Å². The number of halogens is 1. The first-order valence-corrected chi connectivity index (χ1v) is 6.47. The van der Waals surface area contributed by atoms with Gasteiger partial charge in [-0.25, -0.2) is 9.97 Å². The van der Waals surface area contributed by atoms with Crippen LogP contribution in [0, 0.1) is 0 Å². The number of thioether (sulfide) groups is 1. The van der Waals surface area contributed by atoms with Crippen molar-refractivity contribution in [1.82, 2.24) is 9.97 Å². The number of aromatic nitrogens is 2. The second kappa shape index (κ2) is 7.54. The van der Waals surface area contributed by atoms with E-state index in [1.165, 1.54) is 6.33 Å². The molecule has 0 saturated carbocycles. The fourth-order valence-corrected chi connectivity index (χ4v) is 1.97. The van der Waals surface area contributed by atoms with Crippen molar-refractivity contribution in [3.05, 3.63) is 11.3 Å². The Hall–Kier alpha value is -0.720. The van der Waals surface area contributed by atoms with Gasteiger partial charge in [-0.2, -0.15) is 11.8 Å². The minimum atomic E-state index is 0.245. The van der Waals surface area contributed by atoms with E-state index in [4.69, 9.17) is 22.4 Å². The zero-order chi connectivity index (χ0) is 11.8. The van der Waals surface area contributed by atoms with Crippen molar-refractivity contribution >= 4 is 35.0 Å². The van der Waals surface area contributed by atoms with Crippen LogP contribution in [0.5, 0.6) is 0 Å². The van der Waals surface area contributed by atoms with E-state index in [2.05, 4.69) is 15.3 Å².